The lowest BCUT2D eigenvalue weighted by molar-refractivity contribution is 0.350. The molecule has 36 heavy (non-hydrogen) atoms. The van der Waals surface area contributed by atoms with E-state index in [1.165, 1.54) is 0 Å². The van der Waals surface area contributed by atoms with E-state index in [1.807, 2.05) is 48.5 Å². The number of nitrogens with one attached hydrogen (secondary N) is 1. The lowest BCUT2D eigenvalue weighted by Crippen LogP contribution is -2.31. The van der Waals surface area contributed by atoms with Crippen molar-refractivity contribution in [2.75, 3.05) is 6.61 Å². The minimum atomic E-state index is -3.46. The van der Waals surface area contributed by atoms with Crippen molar-refractivity contribution in [1.82, 2.24) is 9.71 Å². The van der Waals surface area contributed by atoms with Gasteiger partial charge in [0.05, 0.1) is 17.0 Å². The monoisotopic (exact) mass is 536 g/mol. The summed E-state index contributed by atoms with van der Waals surface area (Å²) in [7, 11) is -3.46. The van der Waals surface area contributed by atoms with Crippen LogP contribution >= 0.6 is 22.9 Å². The molecule has 2 N–H and O–H groups in total. The fourth-order valence-corrected chi connectivity index (χ4v) is 7.28. The van der Waals surface area contributed by atoms with Gasteiger partial charge in [0.15, 0.2) is 0 Å². The molecule has 1 aliphatic rings. The SMILES string of the molecule is O=S(=O)(NC(c1cc2cccc(-c3cc(CCC#CCO)ccn3)c2s1)c1ccccc1Cl)C1CC1. The minimum Gasteiger partial charge on any atom is -0.384 e. The summed E-state index contributed by atoms with van der Waals surface area (Å²) in [5.41, 5.74) is 3.71. The number of halogens is 1. The average molecular weight is 537 g/mol. The van der Waals surface area contributed by atoms with E-state index < -0.39 is 16.1 Å². The van der Waals surface area contributed by atoms with Gasteiger partial charge in [-0.25, -0.2) is 13.1 Å². The molecular weight excluding hydrogens is 512 g/mol. The van der Waals surface area contributed by atoms with Gasteiger partial charge >= 0.3 is 0 Å². The summed E-state index contributed by atoms with van der Waals surface area (Å²) < 4.78 is 29.9. The smallest absolute Gasteiger partial charge is 0.215 e. The Morgan fingerprint density at radius 3 is 2.72 bits per heavy atom. The Bertz CT molecular complexity index is 1570. The number of aromatic nitrogens is 1. The quantitative estimate of drug-likeness (QED) is 0.282. The van der Waals surface area contributed by atoms with Crippen molar-refractivity contribution in [3.63, 3.8) is 0 Å². The molecule has 1 unspecified atom stereocenters. The van der Waals surface area contributed by atoms with Gasteiger partial charge in [0, 0.05) is 32.8 Å². The van der Waals surface area contributed by atoms with Crippen LogP contribution in [0.4, 0.5) is 0 Å². The number of aliphatic hydroxyl groups is 1. The molecule has 8 heteroatoms. The molecule has 2 aromatic heterocycles. The highest BCUT2D eigenvalue weighted by atomic mass is 35.5. The molecule has 0 bridgehead atoms. The summed E-state index contributed by atoms with van der Waals surface area (Å²) in [6, 6.07) is 19.0. The maximum atomic E-state index is 12.9. The number of benzene rings is 2. The topological polar surface area (TPSA) is 79.3 Å². The van der Waals surface area contributed by atoms with Crippen LogP contribution in [-0.2, 0) is 16.4 Å². The lowest BCUT2D eigenvalue weighted by atomic mass is 10.0. The maximum Gasteiger partial charge on any atom is 0.215 e. The Kier molecular flexibility index (Phi) is 7.42. The molecule has 4 aromatic rings. The summed E-state index contributed by atoms with van der Waals surface area (Å²) in [5, 5.41) is 10.1. The van der Waals surface area contributed by atoms with Gasteiger partial charge in [-0.05, 0) is 60.0 Å². The zero-order valence-corrected chi connectivity index (χ0v) is 21.8. The molecular formula is C28H25ClN2O3S2. The number of fused-ring (bicyclic) bond motifs is 1. The number of thiophene rings is 1. The zero-order valence-electron chi connectivity index (χ0n) is 19.4. The summed E-state index contributed by atoms with van der Waals surface area (Å²) in [4.78, 5) is 5.50. The molecule has 5 nitrogen and oxygen atoms in total. The van der Waals surface area contributed by atoms with Crippen LogP contribution in [-0.4, -0.2) is 30.4 Å². The number of hydrogen-bond acceptors (Lipinski definition) is 5. The zero-order chi connectivity index (χ0) is 25.1. The number of aliphatic hydroxyl groups excluding tert-OH is 1. The van der Waals surface area contributed by atoms with E-state index in [1.54, 1.807) is 23.6 Å². The minimum absolute atomic E-state index is 0.129. The first-order valence-electron chi connectivity index (χ1n) is 11.8. The molecule has 0 radical (unpaired) electrons. The van der Waals surface area contributed by atoms with E-state index in [-0.39, 0.29) is 11.9 Å². The van der Waals surface area contributed by atoms with Crippen molar-refractivity contribution in [3.8, 4) is 23.1 Å². The molecule has 2 aromatic carbocycles. The normalized spacial score (nSPS) is 14.4. The van der Waals surface area contributed by atoms with Gasteiger partial charge in [0.25, 0.3) is 0 Å². The fourth-order valence-electron chi connectivity index (χ4n) is 4.18. The van der Waals surface area contributed by atoms with Gasteiger partial charge in [0.1, 0.15) is 6.61 Å². The van der Waals surface area contributed by atoms with Crippen molar-refractivity contribution < 1.29 is 13.5 Å². The third-order valence-corrected chi connectivity index (χ3v) is 9.66. The summed E-state index contributed by atoms with van der Waals surface area (Å²) in [6.07, 6.45) is 4.61. The first-order chi connectivity index (χ1) is 17.5. The third kappa shape index (κ3) is 5.49. The third-order valence-electron chi connectivity index (χ3n) is 6.15. The van der Waals surface area contributed by atoms with Gasteiger partial charge < -0.3 is 5.11 Å². The number of rotatable bonds is 8. The Morgan fingerprint density at radius 2 is 1.94 bits per heavy atom. The first kappa shape index (κ1) is 24.9. The van der Waals surface area contributed by atoms with E-state index in [4.69, 9.17) is 16.7 Å². The fraction of sp³-hybridized carbons (Fsp3) is 0.250. The van der Waals surface area contributed by atoms with Crippen molar-refractivity contribution in [2.45, 2.75) is 37.0 Å². The largest absolute Gasteiger partial charge is 0.384 e. The van der Waals surface area contributed by atoms with Crippen LogP contribution in [0, 0.1) is 11.8 Å². The molecule has 0 saturated heterocycles. The predicted molar refractivity (Wildman–Crippen MR) is 147 cm³/mol. The second-order valence-electron chi connectivity index (χ2n) is 8.75. The standard InChI is InChI=1S/C28H25ClN2O3S2/c29-24-11-4-3-9-22(24)27(31-36(33,34)21-12-13-21)26-18-20-8-6-10-23(28(20)35-26)25-17-19(14-15-30-25)7-2-1-5-16-32/h3-4,6,8-11,14-15,17-18,21,27,31-32H,2,7,12-13,16H2. The number of aryl methyl sites for hydroxylation is 1. The van der Waals surface area contributed by atoms with Crippen molar-refractivity contribution in [2.24, 2.45) is 0 Å². The van der Waals surface area contributed by atoms with E-state index in [2.05, 4.69) is 27.6 Å². The molecule has 1 saturated carbocycles. The second kappa shape index (κ2) is 10.7. The van der Waals surface area contributed by atoms with Gasteiger partial charge in [-0.2, -0.15) is 0 Å². The van der Waals surface area contributed by atoms with Crippen LogP contribution in [0.15, 0.2) is 66.9 Å². The van der Waals surface area contributed by atoms with E-state index in [0.29, 0.717) is 24.3 Å². The Morgan fingerprint density at radius 1 is 1.11 bits per heavy atom. The van der Waals surface area contributed by atoms with Crippen molar-refractivity contribution in [3.05, 3.63) is 87.9 Å². The first-order valence-corrected chi connectivity index (χ1v) is 14.5. The molecule has 184 valence electrons. The molecule has 2 heterocycles. The average Bonchev–Trinajstić information content (AvgIpc) is 3.66. The predicted octanol–water partition coefficient (Wildman–Crippen LogP) is 5.72. The van der Waals surface area contributed by atoms with Crippen LogP contribution in [0.25, 0.3) is 21.3 Å². The second-order valence-corrected chi connectivity index (χ2v) is 12.2. The highest BCUT2D eigenvalue weighted by molar-refractivity contribution is 7.90. The maximum absolute atomic E-state index is 12.9. The summed E-state index contributed by atoms with van der Waals surface area (Å²) in [6.45, 7) is -0.129. The number of nitrogens with zero attached hydrogens (tertiary/aromatic N) is 1. The molecule has 1 aliphatic carbocycles. The van der Waals surface area contributed by atoms with E-state index in [9.17, 15) is 8.42 Å². The number of pyridine rings is 1. The van der Waals surface area contributed by atoms with Crippen molar-refractivity contribution in [1.29, 1.82) is 0 Å². The van der Waals surface area contributed by atoms with Gasteiger partial charge in [-0.15, -0.1) is 17.3 Å². The van der Waals surface area contributed by atoms with E-state index in [0.717, 1.165) is 43.8 Å². The van der Waals surface area contributed by atoms with Crippen LogP contribution in [0.5, 0.6) is 0 Å². The Balaban J connectivity index is 1.54. The van der Waals surface area contributed by atoms with Crippen molar-refractivity contribution >= 4 is 43.0 Å². The van der Waals surface area contributed by atoms with Crippen LogP contribution in [0.3, 0.4) is 0 Å². The van der Waals surface area contributed by atoms with Gasteiger partial charge in [0.2, 0.25) is 10.0 Å². The Hall–Kier alpha value is -2.73. The summed E-state index contributed by atoms with van der Waals surface area (Å²) in [5.74, 6) is 5.63. The Labute approximate surface area is 220 Å². The molecule has 1 fully saturated rings. The number of hydrogen-bond donors (Lipinski definition) is 2. The number of sulfonamides is 1. The highest BCUT2D eigenvalue weighted by Crippen LogP contribution is 2.41. The van der Waals surface area contributed by atoms with E-state index >= 15 is 0 Å². The molecule has 0 aliphatic heterocycles. The van der Waals surface area contributed by atoms with Crippen LogP contribution in [0.1, 0.15) is 41.3 Å². The molecule has 0 amide bonds. The molecule has 0 spiro atoms. The van der Waals surface area contributed by atoms with Crippen LogP contribution < -0.4 is 4.72 Å². The van der Waals surface area contributed by atoms with Crippen LogP contribution in [0.2, 0.25) is 5.02 Å². The summed E-state index contributed by atoms with van der Waals surface area (Å²) >= 11 is 8.09. The lowest BCUT2D eigenvalue weighted by Gasteiger charge is -2.19. The highest BCUT2D eigenvalue weighted by Gasteiger charge is 2.38. The van der Waals surface area contributed by atoms with Gasteiger partial charge in [-0.1, -0.05) is 53.9 Å². The van der Waals surface area contributed by atoms with Gasteiger partial charge in [-0.3, -0.25) is 4.98 Å². The molecule has 5 rings (SSSR count). The molecule has 1 atom stereocenters.